The molecule has 2 aliphatic rings. The Morgan fingerprint density at radius 1 is 1.62 bits per heavy atom. The van der Waals surface area contributed by atoms with Crippen LogP contribution in [0.15, 0.2) is 0 Å². The van der Waals surface area contributed by atoms with E-state index in [1.807, 2.05) is 11.8 Å². The minimum atomic E-state index is 0.0234. The normalized spacial score (nSPS) is 34.6. The largest absolute Gasteiger partial charge is 0.367 e. The lowest BCUT2D eigenvalue weighted by Gasteiger charge is -2.25. The Kier molecular flexibility index (Phi) is 3.11. The minimum absolute atomic E-state index is 0.0234. The summed E-state index contributed by atoms with van der Waals surface area (Å²) in [4.78, 5) is 10.8. The van der Waals surface area contributed by atoms with Gasteiger partial charge in [-0.05, 0) is 25.0 Å². The van der Waals surface area contributed by atoms with E-state index in [2.05, 4.69) is 5.32 Å². The molecule has 13 heavy (non-hydrogen) atoms. The quantitative estimate of drug-likeness (QED) is 0.717. The monoisotopic (exact) mass is 201 g/mol. The molecule has 0 bridgehead atoms. The van der Waals surface area contributed by atoms with E-state index in [0.29, 0.717) is 6.54 Å². The number of nitrogens with one attached hydrogen (secondary N) is 1. The predicted octanol–water partition coefficient (Wildman–Crippen LogP) is 0.787. The fourth-order valence-corrected chi connectivity index (χ4v) is 3.16. The van der Waals surface area contributed by atoms with Crippen LogP contribution in [0, 0.1) is 0 Å². The molecule has 2 rings (SSSR count). The second-order valence-electron chi connectivity index (χ2n) is 3.61. The average Bonchev–Trinajstić information content (AvgIpc) is 2.62. The smallest absolute Gasteiger partial charge is 0.246 e. The van der Waals surface area contributed by atoms with Crippen LogP contribution in [-0.4, -0.2) is 36.2 Å². The van der Waals surface area contributed by atoms with Crippen LogP contribution in [0.25, 0.3) is 0 Å². The van der Waals surface area contributed by atoms with Crippen molar-refractivity contribution in [3.8, 4) is 0 Å². The van der Waals surface area contributed by atoms with Crippen LogP contribution < -0.4 is 5.32 Å². The van der Waals surface area contributed by atoms with Crippen LogP contribution in [0.5, 0.6) is 0 Å². The third-order valence-corrected chi connectivity index (χ3v) is 3.95. The summed E-state index contributed by atoms with van der Waals surface area (Å²) in [7, 11) is 0. The van der Waals surface area contributed by atoms with Gasteiger partial charge in [0.1, 0.15) is 6.61 Å². The summed E-state index contributed by atoms with van der Waals surface area (Å²) in [6, 6.07) is 0. The lowest BCUT2D eigenvalue weighted by molar-refractivity contribution is -0.133. The Morgan fingerprint density at radius 3 is 3.15 bits per heavy atom. The number of morpholine rings is 1. The highest BCUT2D eigenvalue weighted by atomic mass is 32.2. The van der Waals surface area contributed by atoms with Crippen molar-refractivity contribution in [1.82, 2.24) is 5.32 Å². The molecule has 4 heteroatoms. The zero-order valence-corrected chi connectivity index (χ0v) is 8.44. The third-order valence-electron chi connectivity index (χ3n) is 2.53. The van der Waals surface area contributed by atoms with Crippen LogP contribution in [0.1, 0.15) is 19.3 Å². The summed E-state index contributed by atoms with van der Waals surface area (Å²) in [6.07, 6.45) is 4.02. The van der Waals surface area contributed by atoms with Gasteiger partial charge in [0.05, 0.1) is 6.10 Å². The molecule has 0 spiro atoms. The molecule has 2 saturated heterocycles. The summed E-state index contributed by atoms with van der Waals surface area (Å²) in [6.45, 7) is 0.956. The number of amides is 1. The van der Waals surface area contributed by atoms with Gasteiger partial charge in [-0.1, -0.05) is 0 Å². The molecule has 0 radical (unpaired) electrons. The first-order valence-corrected chi connectivity index (χ1v) is 5.89. The van der Waals surface area contributed by atoms with Gasteiger partial charge in [-0.25, -0.2) is 0 Å². The van der Waals surface area contributed by atoms with Crippen molar-refractivity contribution in [2.75, 3.05) is 18.9 Å². The zero-order chi connectivity index (χ0) is 9.10. The van der Waals surface area contributed by atoms with Gasteiger partial charge in [-0.3, -0.25) is 4.79 Å². The summed E-state index contributed by atoms with van der Waals surface area (Å²) in [5.74, 6) is 1.32. The molecule has 0 aromatic heterocycles. The van der Waals surface area contributed by atoms with Gasteiger partial charge in [0.25, 0.3) is 0 Å². The maximum absolute atomic E-state index is 10.8. The summed E-state index contributed by atoms with van der Waals surface area (Å²) < 4.78 is 5.43. The van der Waals surface area contributed by atoms with Crippen molar-refractivity contribution in [2.24, 2.45) is 0 Å². The van der Waals surface area contributed by atoms with Gasteiger partial charge in [-0.15, -0.1) is 0 Å². The molecule has 2 heterocycles. The number of ether oxygens (including phenoxy) is 1. The van der Waals surface area contributed by atoms with Crippen LogP contribution >= 0.6 is 11.8 Å². The zero-order valence-electron chi connectivity index (χ0n) is 7.62. The van der Waals surface area contributed by atoms with Crippen LogP contribution in [0.4, 0.5) is 0 Å². The number of hydrogen-bond acceptors (Lipinski definition) is 3. The van der Waals surface area contributed by atoms with Gasteiger partial charge in [0.2, 0.25) is 5.91 Å². The molecule has 0 saturated carbocycles. The highest BCUT2D eigenvalue weighted by Gasteiger charge is 2.24. The van der Waals surface area contributed by atoms with Crippen molar-refractivity contribution in [3.63, 3.8) is 0 Å². The topological polar surface area (TPSA) is 38.3 Å². The molecule has 74 valence electrons. The molecular weight excluding hydrogens is 186 g/mol. The molecule has 2 unspecified atom stereocenters. The predicted molar refractivity (Wildman–Crippen MR) is 52.8 cm³/mol. The van der Waals surface area contributed by atoms with Crippen molar-refractivity contribution in [2.45, 2.75) is 30.6 Å². The second-order valence-corrected chi connectivity index (χ2v) is 5.02. The van der Waals surface area contributed by atoms with E-state index >= 15 is 0 Å². The van der Waals surface area contributed by atoms with Gasteiger partial charge in [-0.2, -0.15) is 11.8 Å². The number of rotatable bonds is 2. The molecule has 2 fully saturated rings. The highest BCUT2D eigenvalue weighted by molar-refractivity contribution is 8.00. The van der Waals surface area contributed by atoms with Gasteiger partial charge in [0.15, 0.2) is 0 Å². The van der Waals surface area contributed by atoms with Crippen molar-refractivity contribution < 1.29 is 9.53 Å². The molecule has 3 nitrogen and oxygen atoms in total. The third kappa shape index (κ3) is 2.61. The van der Waals surface area contributed by atoms with E-state index in [9.17, 15) is 4.79 Å². The van der Waals surface area contributed by atoms with Crippen molar-refractivity contribution in [1.29, 1.82) is 0 Å². The van der Waals surface area contributed by atoms with Crippen LogP contribution in [-0.2, 0) is 9.53 Å². The first-order valence-electron chi connectivity index (χ1n) is 4.84. The maximum Gasteiger partial charge on any atom is 0.246 e. The Balaban J connectivity index is 1.72. The number of carbonyl (C=O) groups is 1. The standard InChI is InChI=1S/C9H15NO2S/c11-9-6-12-7(5-10-9)4-8-2-1-3-13-8/h7-8H,1-6H2,(H,10,11). The van der Waals surface area contributed by atoms with Gasteiger partial charge < -0.3 is 10.1 Å². The summed E-state index contributed by atoms with van der Waals surface area (Å²) in [5.41, 5.74) is 0. The molecule has 0 aromatic rings. The minimum Gasteiger partial charge on any atom is -0.367 e. The summed E-state index contributed by atoms with van der Waals surface area (Å²) in [5, 5.41) is 3.60. The van der Waals surface area contributed by atoms with E-state index in [1.165, 1.54) is 18.6 Å². The molecule has 0 aromatic carbocycles. The van der Waals surface area contributed by atoms with E-state index in [0.717, 1.165) is 11.7 Å². The number of hydrogen-bond donors (Lipinski definition) is 1. The summed E-state index contributed by atoms with van der Waals surface area (Å²) >= 11 is 2.04. The highest BCUT2D eigenvalue weighted by Crippen LogP contribution is 2.30. The van der Waals surface area contributed by atoms with E-state index < -0.39 is 0 Å². The van der Waals surface area contributed by atoms with Gasteiger partial charge in [0, 0.05) is 11.8 Å². The molecular formula is C9H15NO2S. The maximum atomic E-state index is 10.8. The molecule has 2 aliphatic heterocycles. The van der Waals surface area contributed by atoms with E-state index in [4.69, 9.17) is 4.74 Å². The van der Waals surface area contributed by atoms with E-state index in [1.54, 1.807) is 0 Å². The Labute approximate surface area is 82.6 Å². The number of carbonyl (C=O) groups excluding carboxylic acids is 1. The van der Waals surface area contributed by atoms with Crippen LogP contribution in [0.2, 0.25) is 0 Å². The average molecular weight is 201 g/mol. The molecule has 0 aliphatic carbocycles. The lowest BCUT2D eigenvalue weighted by atomic mass is 10.1. The lowest BCUT2D eigenvalue weighted by Crippen LogP contribution is -2.43. The molecule has 1 amide bonds. The fraction of sp³-hybridized carbons (Fsp3) is 0.889. The fourth-order valence-electron chi connectivity index (χ4n) is 1.81. The Morgan fingerprint density at radius 2 is 2.54 bits per heavy atom. The Hall–Kier alpha value is -0.220. The molecule has 2 atom stereocenters. The molecule has 1 N–H and O–H groups in total. The van der Waals surface area contributed by atoms with Crippen molar-refractivity contribution >= 4 is 17.7 Å². The van der Waals surface area contributed by atoms with Gasteiger partial charge >= 0.3 is 0 Å². The Bertz CT molecular complexity index is 182. The van der Waals surface area contributed by atoms with E-state index in [-0.39, 0.29) is 18.6 Å². The SMILES string of the molecule is O=C1COC(CC2CCCS2)CN1. The first kappa shape index (κ1) is 9.34. The second kappa shape index (κ2) is 4.33. The van der Waals surface area contributed by atoms with Crippen molar-refractivity contribution in [3.05, 3.63) is 0 Å². The first-order chi connectivity index (χ1) is 6.34. The number of thioether (sulfide) groups is 1. The van der Waals surface area contributed by atoms with Crippen LogP contribution in [0.3, 0.4) is 0 Å².